The molecule has 5 rings (SSSR count). The number of nitrogens with one attached hydrogen (secondary N) is 1. The van der Waals surface area contributed by atoms with Crippen LogP contribution in [0.25, 0.3) is 0 Å². The van der Waals surface area contributed by atoms with Crippen LogP contribution in [-0.4, -0.2) is 43.8 Å². The number of benzene rings is 4. The zero-order valence-corrected chi connectivity index (χ0v) is 27.8. The Morgan fingerprint density at radius 1 is 0.826 bits per heavy atom. The summed E-state index contributed by atoms with van der Waals surface area (Å²) in [6, 6.07) is 29.5. The average Bonchev–Trinajstić information content (AvgIpc) is 3.55. The maximum absolute atomic E-state index is 14.6. The van der Waals surface area contributed by atoms with Crippen molar-refractivity contribution in [1.82, 2.24) is 10.2 Å². The number of amides is 2. The number of carbonyl (C=O) groups excluding carboxylic acids is 2. The number of rotatable bonds is 12. The fraction of sp³-hybridized carbons (Fsp3) is 0.297. The molecule has 1 atom stereocenters. The maximum Gasteiger partial charge on any atom is 0.264 e. The SMILES string of the molecule is Cc1ccc(N(CC(=O)N(Cc2cccc(Cl)c2)[C@@H](Cc2ccccc2)C(=O)NC2CCCC2)S(=O)(=O)c2ccc(C)cc2)cc1. The first-order chi connectivity index (χ1) is 22.1. The molecule has 1 saturated carbocycles. The molecule has 240 valence electrons. The van der Waals surface area contributed by atoms with Crippen molar-refractivity contribution in [3.05, 3.63) is 130 Å². The molecule has 0 aromatic heterocycles. The minimum atomic E-state index is -4.15. The van der Waals surface area contributed by atoms with E-state index in [1.54, 1.807) is 54.6 Å². The van der Waals surface area contributed by atoms with Gasteiger partial charge in [0.15, 0.2) is 0 Å². The van der Waals surface area contributed by atoms with Gasteiger partial charge in [-0.1, -0.05) is 102 Å². The number of sulfonamides is 1. The molecule has 1 aliphatic carbocycles. The molecule has 2 amide bonds. The van der Waals surface area contributed by atoms with Crippen LogP contribution >= 0.6 is 11.6 Å². The molecular formula is C37H40ClN3O4S. The largest absolute Gasteiger partial charge is 0.352 e. The van der Waals surface area contributed by atoms with Gasteiger partial charge < -0.3 is 10.2 Å². The van der Waals surface area contributed by atoms with Gasteiger partial charge in [0.25, 0.3) is 10.0 Å². The predicted molar refractivity (Wildman–Crippen MR) is 183 cm³/mol. The summed E-state index contributed by atoms with van der Waals surface area (Å²) >= 11 is 6.34. The summed E-state index contributed by atoms with van der Waals surface area (Å²) in [4.78, 5) is 30.3. The minimum Gasteiger partial charge on any atom is -0.352 e. The van der Waals surface area contributed by atoms with Gasteiger partial charge in [0, 0.05) is 24.0 Å². The van der Waals surface area contributed by atoms with Crippen LogP contribution in [0.1, 0.15) is 47.9 Å². The van der Waals surface area contributed by atoms with Crippen LogP contribution in [0.4, 0.5) is 5.69 Å². The Morgan fingerprint density at radius 3 is 2.07 bits per heavy atom. The molecule has 0 unspecified atom stereocenters. The first kappa shape index (κ1) is 33.2. The van der Waals surface area contributed by atoms with Crippen LogP contribution in [0.3, 0.4) is 0 Å². The molecule has 7 nitrogen and oxygen atoms in total. The van der Waals surface area contributed by atoms with Crippen LogP contribution < -0.4 is 9.62 Å². The standard InChI is InChI=1S/C37H40ClN3O4S/c1-27-15-19-33(20-16-27)41(46(44,45)34-21-17-28(2)18-22-34)26-36(42)40(25-30-11-8-12-31(38)23-30)35(24-29-9-4-3-5-10-29)37(43)39-32-13-6-7-14-32/h3-5,8-12,15-23,32,35H,6-7,13-14,24-26H2,1-2H3,(H,39,43)/t35-/m0/s1. The van der Waals surface area contributed by atoms with Gasteiger partial charge >= 0.3 is 0 Å². The third kappa shape index (κ3) is 8.36. The highest BCUT2D eigenvalue weighted by Crippen LogP contribution is 2.26. The Labute approximate surface area is 277 Å². The van der Waals surface area contributed by atoms with Gasteiger partial charge in [0.2, 0.25) is 11.8 Å². The van der Waals surface area contributed by atoms with E-state index in [1.165, 1.54) is 4.90 Å². The van der Waals surface area contributed by atoms with Crippen molar-refractivity contribution in [3.8, 4) is 0 Å². The zero-order chi connectivity index (χ0) is 32.7. The normalized spacial score (nSPS) is 14.1. The van der Waals surface area contributed by atoms with E-state index in [0.717, 1.165) is 52.2 Å². The van der Waals surface area contributed by atoms with Crippen molar-refractivity contribution in [2.75, 3.05) is 10.8 Å². The lowest BCUT2D eigenvalue weighted by Gasteiger charge is -2.34. The van der Waals surface area contributed by atoms with Gasteiger partial charge in [-0.25, -0.2) is 8.42 Å². The van der Waals surface area contributed by atoms with E-state index < -0.39 is 28.5 Å². The lowest BCUT2D eigenvalue weighted by atomic mass is 10.0. The number of hydrogen-bond donors (Lipinski definition) is 1. The summed E-state index contributed by atoms with van der Waals surface area (Å²) in [7, 11) is -4.15. The zero-order valence-electron chi connectivity index (χ0n) is 26.2. The number of hydrogen-bond acceptors (Lipinski definition) is 4. The summed E-state index contributed by atoms with van der Waals surface area (Å²) in [5.41, 5.74) is 3.85. The number of nitrogens with zero attached hydrogens (tertiary/aromatic N) is 2. The second-order valence-electron chi connectivity index (χ2n) is 12.0. The predicted octanol–water partition coefficient (Wildman–Crippen LogP) is 6.85. The molecule has 4 aromatic rings. The first-order valence-electron chi connectivity index (χ1n) is 15.6. The Balaban J connectivity index is 1.56. The second-order valence-corrected chi connectivity index (χ2v) is 14.3. The smallest absolute Gasteiger partial charge is 0.264 e. The Bertz CT molecular complexity index is 1740. The molecule has 0 spiro atoms. The average molecular weight is 658 g/mol. The van der Waals surface area contributed by atoms with Crippen molar-refractivity contribution >= 4 is 39.1 Å². The molecule has 0 heterocycles. The quantitative estimate of drug-likeness (QED) is 0.181. The van der Waals surface area contributed by atoms with Crippen LogP contribution in [0.2, 0.25) is 5.02 Å². The monoisotopic (exact) mass is 657 g/mol. The van der Waals surface area contributed by atoms with Gasteiger partial charge in [-0.05, 0) is 74.2 Å². The number of aryl methyl sites for hydroxylation is 2. The Morgan fingerprint density at radius 2 is 1.43 bits per heavy atom. The Hall–Kier alpha value is -4.14. The van der Waals surface area contributed by atoms with Crippen molar-refractivity contribution in [3.63, 3.8) is 0 Å². The van der Waals surface area contributed by atoms with Crippen LogP contribution in [0, 0.1) is 13.8 Å². The van der Waals surface area contributed by atoms with E-state index in [9.17, 15) is 18.0 Å². The van der Waals surface area contributed by atoms with Crippen LogP contribution in [-0.2, 0) is 32.6 Å². The van der Waals surface area contributed by atoms with Crippen molar-refractivity contribution in [1.29, 1.82) is 0 Å². The van der Waals surface area contributed by atoms with E-state index in [2.05, 4.69) is 5.32 Å². The van der Waals surface area contributed by atoms with Crippen molar-refractivity contribution < 1.29 is 18.0 Å². The number of carbonyl (C=O) groups is 2. The fourth-order valence-corrected chi connectivity index (χ4v) is 7.46. The highest BCUT2D eigenvalue weighted by Gasteiger charge is 2.35. The molecule has 0 saturated heterocycles. The molecular weight excluding hydrogens is 618 g/mol. The van der Waals surface area contributed by atoms with Crippen LogP contribution in [0.15, 0.2) is 108 Å². The lowest BCUT2D eigenvalue weighted by molar-refractivity contribution is -0.140. The Kier molecular flexibility index (Phi) is 10.8. The van der Waals surface area contributed by atoms with Crippen molar-refractivity contribution in [2.45, 2.75) is 69.5 Å². The fourth-order valence-electron chi connectivity index (χ4n) is 5.83. The molecule has 0 radical (unpaired) electrons. The highest BCUT2D eigenvalue weighted by atomic mass is 35.5. The number of anilines is 1. The summed E-state index contributed by atoms with van der Waals surface area (Å²) in [6.45, 7) is 3.37. The van der Waals surface area contributed by atoms with E-state index in [0.29, 0.717) is 10.7 Å². The summed E-state index contributed by atoms with van der Waals surface area (Å²) in [5, 5.41) is 3.70. The lowest BCUT2D eigenvalue weighted by Crippen LogP contribution is -2.54. The summed E-state index contributed by atoms with van der Waals surface area (Å²) in [5.74, 6) is -0.756. The summed E-state index contributed by atoms with van der Waals surface area (Å²) < 4.78 is 29.5. The van der Waals surface area contributed by atoms with Gasteiger partial charge in [0.05, 0.1) is 10.6 Å². The minimum absolute atomic E-state index is 0.0415. The van der Waals surface area contributed by atoms with E-state index in [1.807, 2.05) is 62.4 Å². The van der Waals surface area contributed by atoms with Gasteiger partial charge in [0.1, 0.15) is 12.6 Å². The van der Waals surface area contributed by atoms with Gasteiger partial charge in [-0.3, -0.25) is 13.9 Å². The van der Waals surface area contributed by atoms with Gasteiger partial charge in [-0.15, -0.1) is 0 Å². The number of halogens is 1. The second kappa shape index (κ2) is 15.0. The molecule has 1 N–H and O–H groups in total. The first-order valence-corrected chi connectivity index (χ1v) is 17.5. The van der Waals surface area contributed by atoms with E-state index in [4.69, 9.17) is 11.6 Å². The molecule has 1 fully saturated rings. The van der Waals surface area contributed by atoms with Crippen molar-refractivity contribution in [2.24, 2.45) is 0 Å². The highest BCUT2D eigenvalue weighted by molar-refractivity contribution is 7.92. The molecule has 0 aliphatic heterocycles. The third-order valence-electron chi connectivity index (χ3n) is 8.42. The molecule has 9 heteroatoms. The maximum atomic E-state index is 14.6. The van der Waals surface area contributed by atoms with E-state index in [-0.39, 0.29) is 29.8 Å². The van der Waals surface area contributed by atoms with Crippen LogP contribution in [0.5, 0.6) is 0 Å². The summed E-state index contributed by atoms with van der Waals surface area (Å²) in [6.07, 6.45) is 4.13. The topological polar surface area (TPSA) is 86.8 Å². The van der Waals surface area contributed by atoms with E-state index >= 15 is 0 Å². The third-order valence-corrected chi connectivity index (χ3v) is 10.4. The molecule has 46 heavy (non-hydrogen) atoms. The molecule has 4 aromatic carbocycles. The molecule has 1 aliphatic rings. The van der Waals surface area contributed by atoms with Gasteiger partial charge in [-0.2, -0.15) is 0 Å². The molecule has 0 bridgehead atoms.